The monoisotopic (exact) mass is 381 g/mol. The van der Waals surface area contributed by atoms with Crippen LogP contribution in [0, 0.1) is 13.8 Å². The highest BCUT2D eigenvalue weighted by molar-refractivity contribution is 7.18. The maximum atomic E-state index is 12.1. The van der Waals surface area contributed by atoms with E-state index in [-0.39, 0.29) is 12.5 Å². The van der Waals surface area contributed by atoms with Crippen molar-refractivity contribution in [2.75, 3.05) is 11.9 Å². The Morgan fingerprint density at radius 3 is 2.67 bits per heavy atom. The molecule has 24 heavy (non-hydrogen) atoms. The van der Waals surface area contributed by atoms with E-state index in [0.717, 1.165) is 20.7 Å². The third-order valence-corrected chi connectivity index (χ3v) is 5.24. The third-order valence-electron chi connectivity index (χ3n) is 3.50. The first-order chi connectivity index (χ1) is 11.5. The molecule has 0 aliphatic rings. The van der Waals surface area contributed by atoms with Crippen LogP contribution in [-0.4, -0.2) is 22.5 Å². The van der Waals surface area contributed by atoms with Crippen molar-refractivity contribution < 1.29 is 9.53 Å². The van der Waals surface area contributed by atoms with Crippen LogP contribution in [0.5, 0.6) is 5.88 Å². The lowest BCUT2D eigenvalue weighted by atomic mass is 10.2. The zero-order valence-electron chi connectivity index (χ0n) is 12.9. The summed E-state index contributed by atoms with van der Waals surface area (Å²) in [4.78, 5) is 22.5. The summed E-state index contributed by atoms with van der Waals surface area (Å²) in [5.41, 5.74) is 1.42. The van der Waals surface area contributed by atoms with Crippen molar-refractivity contribution in [3.05, 3.63) is 45.0 Å². The summed E-state index contributed by atoms with van der Waals surface area (Å²) in [6.45, 7) is 3.79. The van der Waals surface area contributed by atoms with Gasteiger partial charge in [0.05, 0.1) is 21.1 Å². The van der Waals surface area contributed by atoms with Gasteiger partial charge in [-0.3, -0.25) is 4.79 Å². The largest absolute Gasteiger partial charge is 0.467 e. The Bertz CT molecular complexity index is 907. The lowest BCUT2D eigenvalue weighted by Crippen LogP contribution is -2.21. The molecule has 0 unspecified atom stereocenters. The Balaban J connectivity index is 1.75. The molecule has 0 bridgehead atoms. The van der Waals surface area contributed by atoms with Crippen LogP contribution < -0.4 is 10.1 Å². The van der Waals surface area contributed by atoms with E-state index in [2.05, 4.69) is 15.3 Å². The van der Waals surface area contributed by atoms with Gasteiger partial charge in [-0.15, -0.1) is 11.3 Å². The predicted octanol–water partition coefficient (Wildman–Crippen LogP) is 4.63. The molecule has 0 aliphatic carbocycles. The Kier molecular flexibility index (Phi) is 4.89. The number of aromatic nitrogens is 2. The zero-order valence-corrected chi connectivity index (χ0v) is 15.2. The Morgan fingerprint density at radius 2 is 1.96 bits per heavy atom. The number of nitrogens with one attached hydrogen (secondary N) is 1. The predicted molar refractivity (Wildman–Crippen MR) is 97.5 cm³/mol. The van der Waals surface area contributed by atoms with E-state index < -0.39 is 0 Å². The zero-order chi connectivity index (χ0) is 17.3. The number of halogens is 2. The van der Waals surface area contributed by atoms with E-state index in [0.29, 0.717) is 21.6 Å². The van der Waals surface area contributed by atoms with Crippen molar-refractivity contribution in [1.29, 1.82) is 0 Å². The second-order valence-corrected chi connectivity index (χ2v) is 7.09. The molecule has 3 rings (SSSR count). The summed E-state index contributed by atoms with van der Waals surface area (Å²) in [6.07, 6.45) is 1.43. The Morgan fingerprint density at radius 1 is 1.25 bits per heavy atom. The number of thiophene rings is 1. The quantitative estimate of drug-likeness (QED) is 0.715. The van der Waals surface area contributed by atoms with Crippen molar-refractivity contribution >= 4 is 56.3 Å². The molecule has 1 amide bonds. The molecule has 0 saturated carbocycles. The minimum absolute atomic E-state index is 0.206. The number of hydrogen-bond acceptors (Lipinski definition) is 5. The van der Waals surface area contributed by atoms with Crippen LogP contribution in [0.25, 0.3) is 10.2 Å². The second kappa shape index (κ2) is 6.93. The number of carbonyl (C=O) groups is 1. The molecule has 5 nitrogen and oxygen atoms in total. The van der Waals surface area contributed by atoms with Crippen LogP contribution in [0.2, 0.25) is 10.0 Å². The molecular formula is C16H13Cl2N3O2S. The van der Waals surface area contributed by atoms with Crippen molar-refractivity contribution in [3.63, 3.8) is 0 Å². The molecule has 0 fully saturated rings. The smallest absolute Gasteiger partial charge is 0.262 e. The summed E-state index contributed by atoms with van der Waals surface area (Å²) >= 11 is 13.6. The van der Waals surface area contributed by atoms with E-state index in [4.69, 9.17) is 27.9 Å². The van der Waals surface area contributed by atoms with Gasteiger partial charge in [-0.05, 0) is 31.5 Å². The standard InChI is InChI=1S/C16H13Cl2N3O2S/c1-8-9(2)24-16-13(8)15(19-7-20-16)23-6-12(22)21-14-10(17)4-3-5-11(14)18/h3-5,7H,6H2,1-2H3,(H,21,22). The number of nitrogens with zero attached hydrogens (tertiary/aromatic N) is 2. The first-order valence-electron chi connectivity index (χ1n) is 7.04. The Hall–Kier alpha value is -1.89. The number of aryl methyl sites for hydroxylation is 2. The molecule has 0 atom stereocenters. The van der Waals surface area contributed by atoms with Gasteiger partial charge in [0.25, 0.3) is 5.91 Å². The molecule has 8 heteroatoms. The lowest BCUT2D eigenvalue weighted by molar-refractivity contribution is -0.118. The molecule has 3 aromatic rings. The minimum Gasteiger partial charge on any atom is -0.467 e. The maximum absolute atomic E-state index is 12.1. The van der Waals surface area contributed by atoms with Crippen molar-refractivity contribution in [3.8, 4) is 5.88 Å². The molecule has 2 aromatic heterocycles. The summed E-state index contributed by atoms with van der Waals surface area (Å²) < 4.78 is 5.58. The number of rotatable bonds is 4. The summed E-state index contributed by atoms with van der Waals surface area (Å²) in [7, 11) is 0. The number of anilines is 1. The number of benzene rings is 1. The molecule has 0 spiro atoms. The fraction of sp³-hybridized carbons (Fsp3) is 0.188. The maximum Gasteiger partial charge on any atom is 0.262 e. The van der Waals surface area contributed by atoms with Gasteiger partial charge < -0.3 is 10.1 Å². The number of para-hydroxylation sites is 1. The number of amides is 1. The van der Waals surface area contributed by atoms with Crippen molar-refractivity contribution in [2.45, 2.75) is 13.8 Å². The van der Waals surface area contributed by atoms with Crippen molar-refractivity contribution in [2.24, 2.45) is 0 Å². The fourth-order valence-electron chi connectivity index (χ4n) is 2.19. The minimum atomic E-state index is -0.374. The molecule has 0 radical (unpaired) electrons. The highest BCUT2D eigenvalue weighted by Gasteiger charge is 2.15. The summed E-state index contributed by atoms with van der Waals surface area (Å²) in [5.74, 6) is 0.0172. The van der Waals surface area contributed by atoms with Crippen LogP contribution in [0.3, 0.4) is 0 Å². The number of ether oxygens (including phenoxy) is 1. The topological polar surface area (TPSA) is 64.1 Å². The third kappa shape index (κ3) is 3.31. The molecular weight excluding hydrogens is 369 g/mol. The van der Waals surface area contributed by atoms with Gasteiger partial charge in [-0.1, -0.05) is 29.3 Å². The van der Waals surface area contributed by atoms with Crippen molar-refractivity contribution in [1.82, 2.24) is 9.97 Å². The van der Waals surface area contributed by atoms with Gasteiger partial charge in [0.2, 0.25) is 5.88 Å². The highest BCUT2D eigenvalue weighted by Crippen LogP contribution is 2.34. The molecule has 0 aliphatic heterocycles. The number of fused-ring (bicyclic) bond motifs is 1. The average molecular weight is 382 g/mol. The highest BCUT2D eigenvalue weighted by atomic mass is 35.5. The first kappa shape index (κ1) is 17.0. The SMILES string of the molecule is Cc1sc2ncnc(OCC(=O)Nc3c(Cl)cccc3Cl)c2c1C. The van der Waals surface area contributed by atoms with Gasteiger partial charge >= 0.3 is 0 Å². The number of carbonyl (C=O) groups excluding carboxylic acids is 1. The normalized spacial score (nSPS) is 10.8. The van der Waals surface area contributed by atoms with Crippen LogP contribution >= 0.6 is 34.5 Å². The van der Waals surface area contributed by atoms with Gasteiger partial charge in [0.15, 0.2) is 6.61 Å². The van der Waals surface area contributed by atoms with Gasteiger partial charge in [0, 0.05) is 4.88 Å². The van der Waals surface area contributed by atoms with Crippen LogP contribution in [-0.2, 0) is 4.79 Å². The van der Waals surface area contributed by atoms with Crippen LogP contribution in [0.1, 0.15) is 10.4 Å². The molecule has 0 saturated heterocycles. The van der Waals surface area contributed by atoms with E-state index >= 15 is 0 Å². The number of hydrogen-bond donors (Lipinski definition) is 1. The Labute approximate surface area is 152 Å². The first-order valence-corrected chi connectivity index (χ1v) is 8.62. The lowest BCUT2D eigenvalue weighted by Gasteiger charge is -2.10. The van der Waals surface area contributed by atoms with Crippen LogP contribution in [0.15, 0.2) is 24.5 Å². The van der Waals surface area contributed by atoms with E-state index in [1.54, 1.807) is 29.5 Å². The average Bonchev–Trinajstić information content (AvgIpc) is 2.84. The molecule has 124 valence electrons. The molecule has 2 heterocycles. The second-order valence-electron chi connectivity index (χ2n) is 5.08. The van der Waals surface area contributed by atoms with Gasteiger partial charge in [-0.2, -0.15) is 0 Å². The van der Waals surface area contributed by atoms with E-state index in [9.17, 15) is 4.79 Å². The molecule has 1 aromatic carbocycles. The van der Waals surface area contributed by atoms with E-state index in [1.807, 2.05) is 13.8 Å². The summed E-state index contributed by atoms with van der Waals surface area (Å²) in [6, 6.07) is 5.00. The van der Waals surface area contributed by atoms with Gasteiger partial charge in [-0.25, -0.2) is 9.97 Å². The van der Waals surface area contributed by atoms with Crippen LogP contribution in [0.4, 0.5) is 5.69 Å². The van der Waals surface area contributed by atoms with Gasteiger partial charge in [0.1, 0.15) is 11.2 Å². The van der Waals surface area contributed by atoms with E-state index in [1.165, 1.54) is 6.33 Å². The fourth-order valence-corrected chi connectivity index (χ4v) is 3.67. The molecule has 1 N–H and O–H groups in total. The summed E-state index contributed by atoms with van der Waals surface area (Å²) in [5, 5.41) is 4.22.